The summed E-state index contributed by atoms with van der Waals surface area (Å²) in [6, 6.07) is 9.83. The average Bonchev–Trinajstić information content (AvgIpc) is 3.23. The second-order valence-electron chi connectivity index (χ2n) is 5.84. The van der Waals surface area contributed by atoms with E-state index in [0.29, 0.717) is 32.0 Å². The fraction of sp³-hybridized carbons (Fsp3) is 0.353. The third-order valence-corrected chi connectivity index (χ3v) is 4.47. The Kier molecular flexibility index (Phi) is 3.53. The molecule has 1 aromatic heterocycles. The number of furan rings is 1. The van der Waals surface area contributed by atoms with Gasteiger partial charge >= 0.3 is 0 Å². The number of benzene rings is 1. The average molecular weight is 316 g/mol. The molecular weight excluding hydrogens is 299 g/mol. The topological polar surface area (TPSA) is 45.9 Å². The normalized spacial score (nSPS) is 23.9. The number of morpholine rings is 1. The van der Waals surface area contributed by atoms with Crippen molar-refractivity contribution in [2.45, 2.75) is 12.1 Å². The molecule has 1 amide bonds. The highest BCUT2D eigenvalue weighted by Gasteiger charge is 2.42. The van der Waals surface area contributed by atoms with E-state index in [1.165, 1.54) is 18.4 Å². The van der Waals surface area contributed by atoms with E-state index in [2.05, 4.69) is 4.90 Å². The van der Waals surface area contributed by atoms with Crippen molar-refractivity contribution in [1.82, 2.24) is 4.90 Å². The molecule has 0 spiro atoms. The lowest BCUT2D eigenvalue weighted by molar-refractivity contribution is -0.0373. The summed E-state index contributed by atoms with van der Waals surface area (Å²) >= 11 is 0. The molecule has 0 radical (unpaired) electrons. The van der Waals surface area contributed by atoms with Crippen LogP contribution < -0.4 is 4.90 Å². The lowest BCUT2D eigenvalue weighted by Gasteiger charge is -2.36. The molecule has 6 heteroatoms. The van der Waals surface area contributed by atoms with Crippen LogP contribution in [-0.2, 0) is 4.74 Å². The van der Waals surface area contributed by atoms with Gasteiger partial charge in [-0.3, -0.25) is 4.79 Å². The number of hydrogen-bond acceptors (Lipinski definition) is 4. The predicted molar refractivity (Wildman–Crippen MR) is 81.9 cm³/mol. The van der Waals surface area contributed by atoms with Crippen molar-refractivity contribution >= 4 is 11.6 Å². The molecule has 2 aromatic rings. The Bertz CT molecular complexity index is 704. The highest BCUT2D eigenvalue weighted by Crippen LogP contribution is 2.28. The van der Waals surface area contributed by atoms with Crippen molar-refractivity contribution in [3.8, 4) is 0 Å². The Hall–Kier alpha value is -2.34. The van der Waals surface area contributed by atoms with E-state index < -0.39 is 0 Å². The number of ether oxygens (including phenoxy) is 1. The number of anilines is 1. The summed E-state index contributed by atoms with van der Waals surface area (Å²) in [5.41, 5.74) is 0.813. The van der Waals surface area contributed by atoms with Gasteiger partial charge in [0.25, 0.3) is 5.91 Å². The summed E-state index contributed by atoms with van der Waals surface area (Å²) < 4.78 is 24.5. The van der Waals surface area contributed by atoms with Gasteiger partial charge in [0.05, 0.1) is 25.0 Å². The van der Waals surface area contributed by atoms with Crippen molar-refractivity contribution in [3.63, 3.8) is 0 Å². The number of hydrogen-bond donors (Lipinski definition) is 0. The maximum absolute atomic E-state index is 13.4. The van der Waals surface area contributed by atoms with E-state index in [0.717, 1.165) is 5.69 Å². The van der Waals surface area contributed by atoms with E-state index in [9.17, 15) is 9.18 Å². The largest absolute Gasteiger partial charge is 0.459 e. The zero-order chi connectivity index (χ0) is 15.8. The van der Waals surface area contributed by atoms with Gasteiger partial charge in [-0.25, -0.2) is 4.39 Å². The molecule has 2 atom stereocenters. The second kappa shape index (κ2) is 5.70. The molecule has 4 rings (SSSR count). The highest BCUT2D eigenvalue weighted by molar-refractivity contribution is 5.92. The number of rotatable bonds is 2. The molecule has 2 fully saturated rings. The lowest BCUT2D eigenvalue weighted by atomic mass is 10.1. The zero-order valence-electron chi connectivity index (χ0n) is 12.5. The molecule has 0 saturated carbocycles. The van der Waals surface area contributed by atoms with E-state index in [1.807, 2.05) is 11.0 Å². The standard InChI is InChI=1S/C17H17FN2O3/c18-12-3-1-4-13(9-12)19-10-14-16(11-19)23-8-6-20(14)17(21)15-5-2-7-22-15/h1-5,7,9,14,16H,6,8,10-11H2/t14-,16+/m1/s1. The van der Waals surface area contributed by atoms with Gasteiger partial charge in [0.1, 0.15) is 5.82 Å². The van der Waals surface area contributed by atoms with Crippen LogP contribution in [0.1, 0.15) is 10.6 Å². The Labute approximate surface area is 133 Å². The van der Waals surface area contributed by atoms with Crippen LogP contribution in [0.25, 0.3) is 0 Å². The van der Waals surface area contributed by atoms with Crippen LogP contribution in [0, 0.1) is 5.82 Å². The van der Waals surface area contributed by atoms with Crippen molar-refractivity contribution < 1.29 is 18.3 Å². The Morgan fingerprint density at radius 1 is 1.22 bits per heavy atom. The molecule has 0 unspecified atom stereocenters. The van der Waals surface area contributed by atoms with E-state index in [1.54, 1.807) is 18.2 Å². The number of fused-ring (bicyclic) bond motifs is 1. The smallest absolute Gasteiger partial charge is 0.290 e. The van der Waals surface area contributed by atoms with E-state index in [-0.39, 0.29) is 23.9 Å². The zero-order valence-corrected chi connectivity index (χ0v) is 12.5. The van der Waals surface area contributed by atoms with Gasteiger partial charge in [-0.1, -0.05) is 6.07 Å². The van der Waals surface area contributed by atoms with Gasteiger partial charge in [-0.2, -0.15) is 0 Å². The maximum Gasteiger partial charge on any atom is 0.290 e. The SMILES string of the molecule is O=C(c1ccco1)N1CCO[C@H]2CN(c3cccc(F)c3)C[C@H]21. The number of carbonyl (C=O) groups excluding carboxylic acids is 1. The minimum absolute atomic E-state index is 0.0513. The Balaban J connectivity index is 1.56. The molecule has 2 aliphatic heterocycles. The lowest BCUT2D eigenvalue weighted by Crippen LogP contribution is -2.53. The van der Waals surface area contributed by atoms with Gasteiger partial charge in [-0.05, 0) is 30.3 Å². The van der Waals surface area contributed by atoms with Crippen LogP contribution in [0.15, 0.2) is 47.1 Å². The van der Waals surface area contributed by atoms with Gasteiger partial charge in [0.2, 0.25) is 0 Å². The first kappa shape index (κ1) is 14.3. The van der Waals surface area contributed by atoms with Crippen LogP contribution in [0.2, 0.25) is 0 Å². The van der Waals surface area contributed by atoms with Crippen LogP contribution >= 0.6 is 0 Å². The minimum atomic E-state index is -0.262. The fourth-order valence-corrected chi connectivity index (χ4v) is 3.37. The molecule has 0 N–H and O–H groups in total. The number of carbonyl (C=O) groups is 1. The third-order valence-electron chi connectivity index (χ3n) is 4.47. The monoisotopic (exact) mass is 316 g/mol. The Morgan fingerprint density at radius 3 is 2.91 bits per heavy atom. The molecule has 3 heterocycles. The summed E-state index contributed by atoms with van der Waals surface area (Å²) in [7, 11) is 0. The molecule has 120 valence electrons. The Morgan fingerprint density at radius 2 is 2.13 bits per heavy atom. The summed E-state index contributed by atoms with van der Waals surface area (Å²) in [5.74, 6) is -0.0361. The van der Waals surface area contributed by atoms with Crippen molar-refractivity contribution in [1.29, 1.82) is 0 Å². The number of nitrogens with zero attached hydrogens (tertiary/aromatic N) is 2. The highest BCUT2D eigenvalue weighted by atomic mass is 19.1. The quantitative estimate of drug-likeness (QED) is 0.852. The molecule has 5 nitrogen and oxygen atoms in total. The van der Waals surface area contributed by atoms with Crippen LogP contribution in [0.4, 0.5) is 10.1 Å². The second-order valence-corrected chi connectivity index (χ2v) is 5.84. The molecule has 23 heavy (non-hydrogen) atoms. The summed E-state index contributed by atoms with van der Waals surface area (Å²) in [6.07, 6.45) is 1.43. The molecule has 2 saturated heterocycles. The van der Waals surface area contributed by atoms with Crippen molar-refractivity contribution in [2.24, 2.45) is 0 Å². The molecule has 1 aromatic carbocycles. The minimum Gasteiger partial charge on any atom is -0.459 e. The molecule has 0 aliphatic carbocycles. The maximum atomic E-state index is 13.4. The van der Waals surface area contributed by atoms with Crippen LogP contribution in [-0.4, -0.2) is 49.2 Å². The first-order valence-corrected chi connectivity index (χ1v) is 7.69. The van der Waals surface area contributed by atoms with Gasteiger partial charge in [0.15, 0.2) is 5.76 Å². The van der Waals surface area contributed by atoms with E-state index >= 15 is 0 Å². The van der Waals surface area contributed by atoms with Gasteiger partial charge < -0.3 is 19.0 Å². The van der Waals surface area contributed by atoms with Crippen molar-refractivity contribution in [2.75, 3.05) is 31.1 Å². The first-order valence-electron chi connectivity index (χ1n) is 7.69. The third kappa shape index (κ3) is 2.59. The molecule has 0 bridgehead atoms. The molecule has 2 aliphatic rings. The number of amides is 1. The summed E-state index contributed by atoms with van der Waals surface area (Å²) in [5, 5.41) is 0. The predicted octanol–water partition coefficient (Wildman–Crippen LogP) is 2.15. The van der Waals surface area contributed by atoms with Crippen LogP contribution in [0.3, 0.4) is 0 Å². The van der Waals surface area contributed by atoms with Gasteiger partial charge in [-0.15, -0.1) is 0 Å². The number of halogens is 1. The first-order chi connectivity index (χ1) is 11.2. The van der Waals surface area contributed by atoms with Crippen LogP contribution in [0.5, 0.6) is 0 Å². The summed E-state index contributed by atoms with van der Waals surface area (Å²) in [4.78, 5) is 16.5. The van der Waals surface area contributed by atoms with E-state index in [4.69, 9.17) is 9.15 Å². The van der Waals surface area contributed by atoms with Gasteiger partial charge in [0, 0.05) is 25.3 Å². The fourth-order valence-electron chi connectivity index (χ4n) is 3.37. The van der Waals surface area contributed by atoms with Crippen molar-refractivity contribution in [3.05, 3.63) is 54.2 Å². The summed E-state index contributed by atoms with van der Waals surface area (Å²) in [6.45, 7) is 2.32. The molecular formula is C17H17FN2O3.